The van der Waals surface area contributed by atoms with Gasteiger partial charge in [0.15, 0.2) is 5.69 Å². The number of likely N-dealkylation sites (tertiary alicyclic amines) is 1. The number of aliphatic hydroxyl groups is 1. The number of carbonyl (C=O) groups is 1. The molecule has 1 atom stereocenters. The Morgan fingerprint density at radius 2 is 1.80 bits per heavy atom. The number of aromatic nitrogens is 2. The molecule has 2 fully saturated rings. The van der Waals surface area contributed by atoms with Crippen LogP contribution in [-0.4, -0.2) is 63.2 Å². The van der Waals surface area contributed by atoms with Crippen molar-refractivity contribution in [3.63, 3.8) is 0 Å². The Morgan fingerprint density at radius 3 is 2.49 bits per heavy atom. The molecule has 3 aliphatic rings. The van der Waals surface area contributed by atoms with Crippen molar-refractivity contribution >= 4 is 24.2 Å². The zero-order chi connectivity index (χ0) is 25.0. The molecule has 0 radical (unpaired) electrons. The second-order valence-corrected chi connectivity index (χ2v) is 11.2. The summed E-state index contributed by atoms with van der Waals surface area (Å²) in [6, 6.07) is 8.00. The normalized spacial score (nSPS) is 24.4. The van der Waals surface area contributed by atoms with E-state index in [1.54, 1.807) is 0 Å². The van der Waals surface area contributed by atoms with E-state index in [-0.39, 0.29) is 18.1 Å². The lowest BCUT2D eigenvalue weighted by molar-refractivity contribution is 0.00578. The Hall–Kier alpha value is -2.20. The molecule has 2 aromatic rings. The average Bonchev–Trinajstić information content (AvgIpc) is 3.33. The number of fused-ring (bicyclic) bond motifs is 1. The van der Waals surface area contributed by atoms with Crippen LogP contribution in [0.1, 0.15) is 81.2 Å². The number of hydrogen-bond acceptors (Lipinski definition) is 6. The first kappa shape index (κ1) is 24.5. The molecular weight excluding hydrogens is 443 g/mol. The van der Waals surface area contributed by atoms with Gasteiger partial charge >= 0.3 is 7.12 Å². The molecule has 5 rings (SSSR count). The SMILES string of the molecule is Cc1c(NC(=O)c2cc3n(n2)CCC[C@H]3N2CCC(O)CC2)cccc1B1OC(C)(C)C(C)(C)O1. The summed E-state index contributed by atoms with van der Waals surface area (Å²) in [5.74, 6) is -0.214. The molecule has 0 unspecified atom stereocenters. The molecule has 1 aromatic heterocycles. The fraction of sp³-hybridized carbons (Fsp3) is 0.615. The molecule has 9 heteroatoms. The second-order valence-electron chi connectivity index (χ2n) is 11.2. The van der Waals surface area contributed by atoms with Crippen LogP contribution in [-0.2, 0) is 15.9 Å². The first-order chi connectivity index (χ1) is 16.6. The van der Waals surface area contributed by atoms with Gasteiger partial charge in [-0.25, -0.2) is 0 Å². The number of anilines is 1. The number of aryl methyl sites for hydroxylation is 1. The lowest BCUT2D eigenvalue weighted by Gasteiger charge is -2.38. The van der Waals surface area contributed by atoms with Crippen LogP contribution in [0.2, 0.25) is 0 Å². The summed E-state index contributed by atoms with van der Waals surface area (Å²) in [5, 5.41) is 17.6. The number of aliphatic hydroxyl groups excluding tert-OH is 1. The predicted octanol–water partition coefficient (Wildman–Crippen LogP) is 3.03. The molecule has 0 saturated carbocycles. The molecule has 0 bridgehead atoms. The first-order valence-corrected chi connectivity index (χ1v) is 12.8. The minimum Gasteiger partial charge on any atom is -0.399 e. The van der Waals surface area contributed by atoms with E-state index in [1.165, 1.54) is 0 Å². The summed E-state index contributed by atoms with van der Waals surface area (Å²) >= 11 is 0. The number of amides is 1. The van der Waals surface area contributed by atoms with Gasteiger partial charge in [0.2, 0.25) is 0 Å². The van der Waals surface area contributed by atoms with E-state index in [0.29, 0.717) is 5.69 Å². The van der Waals surface area contributed by atoms with Crippen LogP contribution in [0, 0.1) is 6.92 Å². The van der Waals surface area contributed by atoms with E-state index in [9.17, 15) is 9.90 Å². The maximum Gasteiger partial charge on any atom is 0.495 e. The standard InChI is InChI=1S/C26H37BN4O4/c1-17-19(27-34-25(2,3)26(4,5)35-27)8-6-9-20(17)28-24(33)21-16-23-22(10-7-13-31(23)29-21)30-14-11-18(32)12-15-30/h6,8-9,16,18,22,32H,7,10-15H2,1-5H3,(H,28,33)/t22-/m1/s1. The van der Waals surface area contributed by atoms with E-state index in [0.717, 1.165) is 67.7 Å². The highest BCUT2D eigenvalue weighted by Crippen LogP contribution is 2.37. The number of piperidine rings is 1. The zero-order valence-electron chi connectivity index (χ0n) is 21.5. The van der Waals surface area contributed by atoms with Crippen molar-refractivity contribution in [2.75, 3.05) is 18.4 Å². The Kier molecular flexibility index (Phi) is 6.32. The van der Waals surface area contributed by atoms with Crippen molar-refractivity contribution in [2.45, 2.75) is 90.2 Å². The maximum atomic E-state index is 13.3. The van der Waals surface area contributed by atoms with Crippen LogP contribution in [0.4, 0.5) is 5.69 Å². The van der Waals surface area contributed by atoms with Crippen molar-refractivity contribution in [3.05, 3.63) is 41.2 Å². The highest BCUT2D eigenvalue weighted by molar-refractivity contribution is 6.62. The fourth-order valence-electron chi connectivity index (χ4n) is 5.34. The fourth-order valence-corrected chi connectivity index (χ4v) is 5.34. The Labute approximate surface area is 208 Å². The third-order valence-electron chi connectivity index (χ3n) is 8.30. The van der Waals surface area contributed by atoms with Gasteiger partial charge in [-0.3, -0.25) is 14.4 Å². The molecule has 2 N–H and O–H groups in total. The highest BCUT2D eigenvalue weighted by atomic mass is 16.7. The summed E-state index contributed by atoms with van der Waals surface area (Å²) in [7, 11) is -0.486. The van der Waals surface area contributed by atoms with Gasteiger partial charge in [0.1, 0.15) is 0 Å². The largest absolute Gasteiger partial charge is 0.495 e. The van der Waals surface area contributed by atoms with Crippen molar-refractivity contribution in [1.29, 1.82) is 0 Å². The lowest BCUT2D eigenvalue weighted by atomic mass is 9.76. The predicted molar refractivity (Wildman–Crippen MR) is 136 cm³/mol. The van der Waals surface area contributed by atoms with Crippen LogP contribution in [0.15, 0.2) is 24.3 Å². The Morgan fingerprint density at radius 1 is 1.11 bits per heavy atom. The van der Waals surface area contributed by atoms with Gasteiger partial charge in [-0.2, -0.15) is 5.10 Å². The van der Waals surface area contributed by atoms with Gasteiger partial charge in [-0.1, -0.05) is 12.1 Å². The second kappa shape index (κ2) is 9.03. The Bertz CT molecular complexity index is 1090. The molecule has 35 heavy (non-hydrogen) atoms. The van der Waals surface area contributed by atoms with E-state index < -0.39 is 18.3 Å². The summed E-state index contributed by atoms with van der Waals surface area (Å²) in [5.41, 5.74) is 3.24. The first-order valence-electron chi connectivity index (χ1n) is 12.8. The summed E-state index contributed by atoms with van der Waals surface area (Å²) in [6.07, 6.45) is 3.50. The number of carbonyl (C=O) groups excluding carboxylic acids is 1. The third kappa shape index (κ3) is 4.55. The molecule has 0 spiro atoms. The van der Waals surface area contributed by atoms with Crippen LogP contribution in [0.5, 0.6) is 0 Å². The number of nitrogens with one attached hydrogen (secondary N) is 1. The van der Waals surface area contributed by atoms with E-state index >= 15 is 0 Å². The molecule has 0 aliphatic carbocycles. The highest BCUT2D eigenvalue weighted by Gasteiger charge is 2.52. The van der Waals surface area contributed by atoms with E-state index in [2.05, 4.69) is 15.3 Å². The van der Waals surface area contributed by atoms with Gasteiger partial charge in [0, 0.05) is 25.3 Å². The minimum absolute atomic E-state index is 0.197. The van der Waals surface area contributed by atoms with Crippen LogP contribution in [0.25, 0.3) is 0 Å². The molecule has 1 amide bonds. The quantitative estimate of drug-likeness (QED) is 0.655. The van der Waals surface area contributed by atoms with Crippen LogP contribution < -0.4 is 10.8 Å². The van der Waals surface area contributed by atoms with Crippen molar-refractivity contribution in [1.82, 2.24) is 14.7 Å². The summed E-state index contributed by atoms with van der Waals surface area (Å²) in [4.78, 5) is 15.7. The molecule has 1 aromatic carbocycles. The molecular formula is C26H37BN4O4. The lowest BCUT2D eigenvalue weighted by Crippen LogP contribution is -2.41. The number of benzene rings is 1. The smallest absolute Gasteiger partial charge is 0.399 e. The van der Waals surface area contributed by atoms with E-state index in [4.69, 9.17) is 9.31 Å². The Balaban J connectivity index is 1.34. The molecule has 2 saturated heterocycles. The van der Waals surface area contributed by atoms with Gasteiger partial charge in [-0.15, -0.1) is 0 Å². The molecule has 3 aliphatic heterocycles. The molecule has 4 heterocycles. The summed E-state index contributed by atoms with van der Waals surface area (Å²) in [6.45, 7) is 12.7. The van der Waals surface area contributed by atoms with Gasteiger partial charge < -0.3 is 19.7 Å². The minimum atomic E-state index is -0.486. The number of rotatable bonds is 4. The average molecular weight is 480 g/mol. The number of hydrogen-bond donors (Lipinski definition) is 2. The van der Waals surface area contributed by atoms with Gasteiger partial charge in [0.25, 0.3) is 5.91 Å². The summed E-state index contributed by atoms with van der Waals surface area (Å²) < 4.78 is 14.5. The number of nitrogens with zero attached hydrogens (tertiary/aromatic N) is 3. The monoisotopic (exact) mass is 480 g/mol. The topological polar surface area (TPSA) is 88.9 Å². The maximum absolute atomic E-state index is 13.3. The van der Waals surface area contributed by atoms with Gasteiger partial charge in [-0.05, 0) is 83.5 Å². The van der Waals surface area contributed by atoms with E-state index in [1.807, 2.05) is 63.6 Å². The van der Waals surface area contributed by atoms with Crippen molar-refractivity contribution < 1.29 is 19.2 Å². The molecule has 8 nitrogen and oxygen atoms in total. The van der Waals surface area contributed by atoms with Crippen molar-refractivity contribution in [3.8, 4) is 0 Å². The zero-order valence-corrected chi connectivity index (χ0v) is 21.5. The van der Waals surface area contributed by atoms with Gasteiger partial charge in [0.05, 0.1) is 29.0 Å². The molecule has 188 valence electrons. The van der Waals surface area contributed by atoms with Crippen LogP contribution in [0.3, 0.4) is 0 Å². The van der Waals surface area contributed by atoms with Crippen molar-refractivity contribution in [2.24, 2.45) is 0 Å². The van der Waals surface area contributed by atoms with Crippen LogP contribution >= 0.6 is 0 Å². The third-order valence-corrected chi connectivity index (χ3v) is 8.30.